The number of benzene rings is 2. The molecule has 1 aromatic heterocycles. The summed E-state index contributed by atoms with van der Waals surface area (Å²) in [6.45, 7) is 1.98. The molecule has 3 rings (SSSR count). The maximum Gasteiger partial charge on any atom is 0.160 e. The lowest BCUT2D eigenvalue weighted by Gasteiger charge is -2.02. The Labute approximate surface area is 112 Å². The molecule has 0 aliphatic heterocycles. The van der Waals surface area contributed by atoms with Gasteiger partial charge in [-0.05, 0) is 30.7 Å². The monoisotopic (exact) mass is 276 g/mol. The first-order valence-corrected chi connectivity index (χ1v) is 6.48. The third kappa shape index (κ3) is 2.06. The highest BCUT2D eigenvalue weighted by atomic mass is 32.1. The zero-order valence-corrected chi connectivity index (χ0v) is 10.9. The number of aryl methyl sites for hydroxylation is 1. The van der Waals surface area contributed by atoms with Crippen molar-refractivity contribution in [3.63, 3.8) is 0 Å². The van der Waals surface area contributed by atoms with E-state index in [1.165, 1.54) is 11.3 Å². The molecule has 0 bridgehead atoms. The number of rotatable bonds is 1. The Bertz CT molecular complexity index is 780. The van der Waals surface area contributed by atoms with Crippen LogP contribution >= 0.6 is 11.3 Å². The number of hydrogen-bond acceptors (Lipinski definition) is 3. The largest absolute Gasteiger partial charge is 0.398 e. The van der Waals surface area contributed by atoms with Gasteiger partial charge in [0, 0.05) is 17.3 Å². The van der Waals surface area contributed by atoms with Crippen LogP contribution in [-0.4, -0.2) is 4.98 Å². The summed E-state index contributed by atoms with van der Waals surface area (Å²) in [5.41, 5.74) is 8.29. The maximum absolute atomic E-state index is 13.3. The van der Waals surface area contributed by atoms with Gasteiger partial charge in [0.1, 0.15) is 5.01 Å². The first kappa shape index (κ1) is 12.0. The Kier molecular flexibility index (Phi) is 2.71. The molecule has 2 aromatic carbocycles. The van der Waals surface area contributed by atoms with E-state index in [9.17, 15) is 8.78 Å². The summed E-state index contributed by atoms with van der Waals surface area (Å²) in [7, 11) is 0. The highest BCUT2D eigenvalue weighted by Crippen LogP contribution is 2.34. The molecule has 0 saturated carbocycles. The second-order valence-electron chi connectivity index (χ2n) is 4.34. The van der Waals surface area contributed by atoms with E-state index in [0.717, 1.165) is 27.9 Å². The molecule has 2 nitrogen and oxygen atoms in total. The fourth-order valence-corrected chi connectivity index (χ4v) is 2.88. The van der Waals surface area contributed by atoms with E-state index in [1.54, 1.807) is 0 Å². The van der Waals surface area contributed by atoms with Crippen molar-refractivity contribution in [1.29, 1.82) is 0 Å². The van der Waals surface area contributed by atoms with E-state index in [2.05, 4.69) is 4.98 Å². The molecule has 0 aliphatic carbocycles. The summed E-state index contributed by atoms with van der Waals surface area (Å²) in [6, 6.07) is 7.98. The molecule has 0 fully saturated rings. The van der Waals surface area contributed by atoms with Crippen LogP contribution in [0, 0.1) is 18.6 Å². The van der Waals surface area contributed by atoms with Gasteiger partial charge in [0.15, 0.2) is 11.6 Å². The highest BCUT2D eigenvalue weighted by Gasteiger charge is 2.13. The zero-order valence-electron chi connectivity index (χ0n) is 10.1. The Morgan fingerprint density at radius 3 is 2.63 bits per heavy atom. The van der Waals surface area contributed by atoms with E-state index in [1.807, 2.05) is 25.1 Å². The standard InChI is InChI=1S/C14H10F2N2S/c1-7-2-3-13-12(4-7)18-14(19-13)8-5-9(15)10(16)6-11(8)17/h2-6H,17H2,1H3. The summed E-state index contributed by atoms with van der Waals surface area (Å²) in [6.07, 6.45) is 0. The van der Waals surface area contributed by atoms with E-state index in [4.69, 9.17) is 5.73 Å². The molecule has 96 valence electrons. The Morgan fingerprint density at radius 1 is 1.11 bits per heavy atom. The van der Waals surface area contributed by atoms with E-state index < -0.39 is 11.6 Å². The van der Waals surface area contributed by atoms with Gasteiger partial charge in [0.25, 0.3) is 0 Å². The predicted octanol–water partition coefficient (Wildman–Crippen LogP) is 4.13. The van der Waals surface area contributed by atoms with Gasteiger partial charge in [-0.2, -0.15) is 0 Å². The van der Waals surface area contributed by atoms with Crippen LogP contribution < -0.4 is 5.73 Å². The van der Waals surface area contributed by atoms with Crippen molar-refractivity contribution >= 4 is 27.2 Å². The number of aromatic nitrogens is 1. The van der Waals surface area contributed by atoms with Gasteiger partial charge in [-0.25, -0.2) is 13.8 Å². The van der Waals surface area contributed by atoms with Crippen LogP contribution in [0.3, 0.4) is 0 Å². The van der Waals surface area contributed by atoms with Crippen molar-refractivity contribution < 1.29 is 8.78 Å². The van der Waals surface area contributed by atoms with Crippen molar-refractivity contribution in [3.8, 4) is 10.6 Å². The van der Waals surface area contributed by atoms with Crippen molar-refractivity contribution in [2.75, 3.05) is 5.73 Å². The van der Waals surface area contributed by atoms with Crippen LogP contribution in [0.1, 0.15) is 5.56 Å². The summed E-state index contributed by atoms with van der Waals surface area (Å²) < 4.78 is 27.4. The number of nitrogens with two attached hydrogens (primary N) is 1. The maximum atomic E-state index is 13.3. The summed E-state index contributed by atoms with van der Waals surface area (Å²) >= 11 is 1.41. The molecule has 2 N–H and O–H groups in total. The Hall–Kier alpha value is -2.01. The predicted molar refractivity (Wildman–Crippen MR) is 74.1 cm³/mol. The first-order chi connectivity index (χ1) is 9.04. The normalized spacial score (nSPS) is 11.1. The quantitative estimate of drug-likeness (QED) is 0.679. The molecule has 0 spiro atoms. The van der Waals surface area contributed by atoms with Crippen LogP contribution in [-0.2, 0) is 0 Å². The van der Waals surface area contributed by atoms with Crippen LogP contribution in [0.25, 0.3) is 20.8 Å². The topological polar surface area (TPSA) is 38.9 Å². The van der Waals surface area contributed by atoms with Crippen LogP contribution in [0.2, 0.25) is 0 Å². The van der Waals surface area contributed by atoms with Crippen molar-refractivity contribution in [3.05, 3.63) is 47.5 Å². The molecule has 0 unspecified atom stereocenters. The van der Waals surface area contributed by atoms with Gasteiger partial charge in [-0.1, -0.05) is 6.07 Å². The molecule has 0 amide bonds. The minimum absolute atomic E-state index is 0.190. The van der Waals surface area contributed by atoms with E-state index in [-0.39, 0.29) is 5.69 Å². The minimum atomic E-state index is -0.946. The zero-order chi connectivity index (χ0) is 13.6. The van der Waals surface area contributed by atoms with E-state index in [0.29, 0.717) is 10.6 Å². The second-order valence-corrected chi connectivity index (χ2v) is 5.37. The van der Waals surface area contributed by atoms with Crippen molar-refractivity contribution in [1.82, 2.24) is 4.98 Å². The SMILES string of the molecule is Cc1ccc2sc(-c3cc(F)c(F)cc3N)nc2c1. The fraction of sp³-hybridized carbons (Fsp3) is 0.0714. The molecule has 1 heterocycles. The molecule has 19 heavy (non-hydrogen) atoms. The highest BCUT2D eigenvalue weighted by molar-refractivity contribution is 7.21. The second kappa shape index (κ2) is 4.28. The average Bonchev–Trinajstić information content (AvgIpc) is 2.76. The Balaban J connectivity index is 2.21. The van der Waals surface area contributed by atoms with Gasteiger partial charge in [0.2, 0.25) is 0 Å². The summed E-state index contributed by atoms with van der Waals surface area (Å²) in [4.78, 5) is 4.42. The Morgan fingerprint density at radius 2 is 1.84 bits per heavy atom. The number of fused-ring (bicyclic) bond motifs is 1. The lowest BCUT2D eigenvalue weighted by Crippen LogP contribution is -1.94. The van der Waals surface area contributed by atoms with Gasteiger partial charge < -0.3 is 5.73 Å². The van der Waals surface area contributed by atoms with E-state index >= 15 is 0 Å². The molecule has 5 heteroatoms. The number of anilines is 1. The van der Waals surface area contributed by atoms with Crippen LogP contribution in [0.4, 0.5) is 14.5 Å². The molecule has 3 aromatic rings. The number of nitrogens with zero attached hydrogens (tertiary/aromatic N) is 1. The third-order valence-corrected chi connectivity index (χ3v) is 3.94. The summed E-state index contributed by atoms with van der Waals surface area (Å²) in [5.74, 6) is -1.86. The first-order valence-electron chi connectivity index (χ1n) is 5.66. The van der Waals surface area contributed by atoms with Crippen molar-refractivity contribution in [2.45, 2.75) is 6.92 Å². The minimum Gasteiger partial charge on any atom is -0.398 e. The fourth-order valence-electron chi connectivity index (χ4n) is 1.90. The molecule has 0 aliphatic rings. The molecular weight excluding hydrogens is 266 g/mol. The lowest BCUT2D eigenvalue weighted by molar-refractivity contribution is 0.509. The van der Waals surface area contributed by atoms with Crippen molar-refractivity contribution in [2.24, 2.45) is 0 Å². The third-order valence-electron chi connectivity index (χ3n) is 2.87. The molecule has 0 saturated heterocycles. The van der Waals surface area contributed by atoms with Gasteiger partial charge >= 0.3 is 0 Å². The average molecular weight is 276 g/mol. The van der Waals surface area contributed by atoms with Gasteiger partial charge in [0.05, 0.1) is 10.2 Å². The lowest BCUT2D eigenvalue weighted by atomic mass is 10.2. The molecule has 0 atom stereocenters. The molecular formula is C14H10F2N2S. The number of halogens is 2. The molecule has 0 radical (unpaired) electrons. The van der Waals surface area contributed by atoms with Crippen LogP contribution in [0.15, 0.2) is 30.3 Å². The van der Waals surface area contributed by atoms with Crippen LogP contribution in [0.5, 0.6) is 0 Å². The van der Waals surface area contributed by atoms with Gasteiger partial charge in [-0.15, -0.1) is 11.3 Å². The smallest absolute Gasteiger partial charge is 0.160 e. The van der Waals surface area contributed by atoms with Gasteiger partial charge in [-0.3, -0.25) is 0 Å². The number of hydrogen-bond donors (Lipinski definition) is 1. The summed E-state index contributed by atoms with van der Waals surface area (Å²) in [5, 5.41) is 0.594. The number of nitrogen functional groups attached to an aromatic ring is 1. The number of thiazole rings is 1.